The second-order valence-electron chi connectivity index (χ2n) is 5.52. The Hall–Kier alpha value is -3.18. The minimum absolute atomic E-state index is 0.186. The number of amides is 2. The highest BCUT2D eigenvalue weighted by atomic mass is 19.4. The van der Waals surface area contributed by atoms with Gasteiger partial charge in [-0.25, -0.2) is 0 Å². The topological polar surface area (TPSA) is 92.3 Å². The molecule has 150 valence electrons. The van der Waals surface area contributed by atoms with Crippen LogP contribution in [0.5, 0.6) is 0 Å². The summed E-state index contributed by atoms with van der Waals surface area (Å²) in [6.07, 6.45) is -10.5. The maximum Gasteiger partial charge on any atom is 0.471 e. The van der Waals surface area contributed by atoms with E-state index >= 15 is 0 Å². The van der Waals surface area contributed by atoms with E-state index in [-0.39, 0.29) is 11.1 Å². The average Bonchev–Trinajstić information content (AvgIpc) is 2.60. The second kappa shape index (κ2) is 7.44. The molecule has 0 aromatic heterocycles. The number of hydrogen-bond donors (Lipinski definition) is 2. The van der Waals surface area contributed by atoms with Gasteiger partial charge >= 0.3 is 24.2 Å². The minimum atomic E-state index is -5.27. The van der Waals surface area contributed by atoms with E-state index in [4.69, 9.17) is 0 Å². The second-order valence-corrected chi connectivity index (χ2v) is 5.52. The van der Waals surface area contributed by atoms with Crippen LogP contribution in [0.3, 0.4) is 0 Å². The highest BCUT2D eigenvalue weighted by molar-refractivity contribution is 6.27. The lowest BCUT2D eigenvalue weighted by molar-refractivity contribution is -0.173. The van der Waals surface area contributed by atoms with Gasteiger partial charge in [0.25, 0.3) is 0 Å². The van der Waals surface area contributed by atoms with E-state index in [0.717, 1.165) is 0 Å². The number of rotatable bonds is 4. The Bertz CT molecular complexity index is 815. The van der Waals surface area contributed by atoms with Gasteiger partial charge in [0.1, 0.15) is 0 Å². The maximum absolute atomic E-state index is 12.5. The first-order valence-corrected chi connectivity index (χ1v) is 7.44. The van der Waals surface area contributed by atoms with Crippen LogP contribution < -0.4 is 10.6 Å². The zero-order chi connectivity index (χ0) is 21.3. The minimum Gasteiger partial charge on any atom is -0.344 e. The Morgan fingerprint density at radius 2 is 1.04 bits per heavy atom. The summed E-state index contributed by atoms with van der Waals surface area (Å²) in [4.78, 5) is 46.9. The molecule has 0 bridgehead atoms. The quantitative estimate of drug-likeness (QED) is 0.743. The van der Waals surface area contributed by atoms with E-state index in [2.05, 4.69) is 0 Å². The van der Waals surface area contributed by atoms with Crippen LogP contribution in [0, 0.1) is 0 Å². The van der Waals surface area contributed by atoms with Crippen molar-refractivity contribution in [3.8, 4) is 0 Å². The molecule has 0 atom stereocenters. The summed E-state index contributed by atoms with van der Waals surface area (Å²) in [5, 5.41) is 2.78. The van der Waals surface area contributed by atoms with Crippen LogP contribution in [0.2, 0.25) is 0 Å². The van der Waals surface area contributed by atoms with Crippen LogP contribution in [0.4, 0.5) is 26.3 Å². The molecule has 1 aliphatic rings. The van der Waals surface area contributed by atoms with Crippen molar-refractivity contribution in [3.05, 3.63) is 46.5 Å². The largest absolute Gasteiger partial charge is 0.471 e. The molecule has 2 N–H and O–H groups in total. The van der Waals surface area contributed by atoms with Crippen LogP contribution in [0.15, 0.2) is 35.4 Å². The smallest absolute Gasteiger partial charge is 0.344 e. The zero-order valence-electron chi connectivity index (χ0n) is 13.6. The number of ketones is 2. The fourth-order valence-electron chi connectivity index (χ4n) is 2.39. The molecule has 0 unspecified atom stereocenters. The summed E-state index contributed by atoms with van der Waals surface area (Å²) >= 11 is 0. The van der Waals surface area contributed by atoms with E-state index < -0.39 is 60.0 Å². The monoisotopic (exact) mass is 408 g/mol. The molecule has 0 heterocycles. The Labute approximate surface area is 152 Å². The molecule has 6 nitrogen and oxygen atoms in total. The third kappa shape index (κ3) is 4.38. The van der Waals surface area contributed by atoms with Gasteiger partial charge in [0.15, 0.2) is 11.6 Å². The van der Waals surface area contributed by atoms with E-state index in [1.807, 2.05) is 0 Å². The highest BCUT2D eigenvalue weighted by Gasteiger charge is 2.41. The lowest BCUT2D eigenvalue weighted by Gasteiger charge is -2.22. The number of nitrogens with one attached hydrogen (secondary N) is 2. The van der Waals surface area contributed by atoms with Gasteiger partial charge in [-0.2, -0.15) is 26.3 Å². The first kappa shape index (κ1) is 21.1. The molecule has 1 aromatic carbocycles. The fraction of sp³-hybridized carbons (Fsp3) is 0.250. The standard InChI is InChI=1S/C16H10F6N2O4/c17-15(18,19)13(27)23-5-9-10(6-24-14(28)16(20,21)22)12(26)8-4-2-1-3-7(8)11(9)25/h1-4H,5-6H2,(H,23,27)(H,24,28). The molecule has 12 heteroatoms. The van der Waals surface area contributed by atoms with Gasteiger partial charge in [0.2, 0.25) is 0 Å². The van der Waals surface area contributed by atoms with Gasteiger partial charge in [0, 0.05) is 35.4 Å². The Morgan fingerprint density at radius 1 is 0.714 bits per heavy atom. The van der Waals surface area contributed by atoms with Crippen molar-refractivity contribution >= 4 is 23.4 Å². The number of carbonyl (C=O) groups excluding carboxylic acids is 4. The van der Waals surface area contributed by atoms with Crippen molar-refractivity contribution in [2.45, 2.75) is 12.4 Å². The summed E-state index contributed by atoms with van der Waals surface area (Å²) in [5.74, 6) is -6.71. The summed E-state index contributed by atoms with van der Waals surface area (Å²) in [7, 11) is 0. The van der Waals surface area contributed by atoms with Gasteiger partial charge in [-0.3, -0.25) is 19.2 Å². The van der Waals surface area contributed by atoms with Crippen molar-refractivity contribution in [2.75, 3.05) is 13.1 Å². The molecule has 1 aromatic rings. The first-order valence-electron chi connectivity index (χ1n) is 7.44. The number of alkyl halides is 6. The van der Waals surface area contributed by atoms with Gasteiger partial charge in [-0.1, -0.05) is 24.3 Å². The molecule has 2 rings (SSSR count). The van der Waals surface area contributed by atoms with E-state index in [0.29, 0.717) is 0 Å². The van der Waals surface area contributed by atoms with E-state index in [1.54, 1.807) is 0 Å². The first-order chi connectivity index (χ1) is 12.8. The normalized spacial score (nSPS) is 14.6. The van der Waals surface area contributed by atoms with Crippen LogP contribution >= 0.6 is 0 Å². The molecule has 0 spiro atoms. The fourth-order valence-corrected chi connectivity index (χ4v) is 2.39. The highest BCUT2D eigenvalue weighted by Crippen LogP contribution is 2.26. The van der Waals surface area contributed by atoms with Crippen molar-refractivity contribution < 1.29 is 45.5 Å². The molecule has 28 heavy (non-hydrogen) atoms. The molecular formula is C16H10F6N2O4. The predicted molar refractivity (Wildman–Crippen MR) is 80.3 cm³/mol. The Kier molecular flexibility index (Phi) is 5.62. The molecule has 0 saturated carbocycles. The number of carbonyl (C=O) groups is 4. The van der Waals surface area contributed by atoms with Crippen molar-refractivity contribution in [3.63, 3.8) is 0 Å². The van der Waals surface area contributed by atoms with Gasteiger partial charge in [0.05, 0.1) is 0 Å². The molecule has 0 fully saturated rings. The summed E-state index contributed by atoms with van der Waals surface area (Å²) in [6.45, 7) is -2.12. The molecule has 1 aliphatic carbocycles. The van der Waals surface area contributed by atoms with E-state index in [1.165, 1.54) is 34.9 Å². The SMILES string of the molecule is O=C1C(CNC(=O)C(F)(F)F)=C(CNC(=O)C(F)(F)F)C(=O)c2ccccc21. The third-order valence-corrected chi connectivity index (χ3v) is 3.70. The number of halogens is 6. The van der Waals surface area contributed by atoms with Gasteiger partial charge in [-0.15, -0.1) is 0 Å². The van der Waals surface area contributed by atoms with Crippen molar-refractivity contribution in [1.29, 1.82) is 0 Å². The number of Topliss-reactive ketones (excluding diaryl/α,β-unsaturated/α-hetero) is 2. The van der Waals surface area contributed by atoms with E-state index in [9.17, 15) is 45.5 Å². The lowest BCUT2D eigenvalue weighted by Crippen LogP contribution is -2.42. The van der Waals surface area contributed by atoms with Gasteiger partial charge in [-0.05, 0) is 0 Å². The van der Waals surface area contributed by atoms with Crippen LogP contribution in [0.25, 0.3) is 0 Å². The Balaban J connectivity index is 2.38. The number of hydrogen-bond acceptors (Lipinski definition) is 4. The summed E-state index contributed by atoms with van der Waals surface area (Å²) in [6, 6.07) is 5.14. The number of benzene rings is 1. The summed E-state index contributed by atoms with van der Waals surface area (Å²) in [5.41, 5.74) is -1.67. The van der Waals surface area contributed by atoms with Crippen molar-refractivity contribution in [2.24, 2.45) is 0 Å². The maximum atomic E-state index is 12.5. The lowest BCUT2D eigenvalue weighted by atomic mass is 9.83. The van der Waals surface area contributed by atoms with Gasteiger partial charge < -0.3 is 10.6 Å². The molecule has 0 radical (unpaired) electrons. The zero-order valence-corrected chi connectivity index (χ0v) is 13.6. The number of fused-ring (bicyclic) bond motifs is 1. The van der Waals surface area contributed by atoms with Crippen LogP contribution in [-0.4, -0.2) is 48.8 Å². The van der Waals surface area contributed by atoms with Crippen LogP contribution in [0.1, 0.15) is 20.7 Å². The van der Waals surface area contributed by atoms with Crippen molar-refractivity contribution in [1.82, 2.24) is 10.6 Å². The third-order valence-electron chi connectivity index (χ3n) is 3.70. The molecule has 2 amide bonds. The Morgan fingerprint density at radius 3 is 1.32 bits per heavy atom. The molecular weight excluding hydrogens is 398 g/mol. The molecule has 0 aliphatic heterocycles. The summed E-state index contributed by atoms with van der Waals surface area (Å²) < 4.78 is 74.0. The van der Waals surface area contributed by atoms with Crippen LogP contribution in [-0.2, 0) is 9.59 Å². The average molecular weight is 408 g/mol. The molecule has 0 saturated heterocycles. The predicted octanol–water partition coefficient (Wildman–Crippen LogP) is 1.72.